The van der Waals surface area contributed by atoms with Crippen LogP contribution in [0.4, 0.5) is 0 Å². The monoisotopic (exact) mass is 187 g/mol. The average Bonchev–Trinajstić information content (AvgIpc) is 2.46. The van der Waals surface area contributed by atoms with Gasteiger partial charge in [-0.05, 0) is 20.0 Å². The predicted octanol–water partition coefficient (Wildman–Crippen LogP) is -0.306. The molecule has 6 heteroatoms. The quantitative estimate of drug-likeness (QED) is 0.376. The first-order chi connectivity index (χ1) is 5.84. The Bertz CT molecular complexity index is 223. The van der Waals surface area contributed by atoms with Gasteiger partial charge in [-0.3, -0.25) is 0 Å². The van der Waals surface area contributed by atoms with Crippen LogP contribution in [0.2, 0.25) is 0 Å². The molecule has 1 rings (SSSR count). The summed E-state index contributed by atoms with van der Waals surface area (Å²) in [7, 11) is 1.94. The van der Waals surface area contributed by atoms with E-state index in [9.17, 15) is 0 Å². The van der Waals surface area contributed by atoms with Crippen LogP contribution in [-0.4, -0.2) is 34.2 Å². The lowest BCUT2D eigenvalue weighted by atomic mass is 10.5. The van der Waals surface area contributed by atoms with Gasteiger partial charge < -0.3 is 11.2 Å². The summed E-state index contributed by atoms with van der Waals surface area (Å²) in [5.74, 6) is 6.52. The summed E-state index contributed by atoms with van der Waals surface area (Å²) in [6, 6.07) is 0. The molecule has 0 saturated carbocycles. The van der Waals surface area contributed by atoms with Crippen LogP contribution in [0, 0.1) is 0 Å². The molecule has 0 aromatic carbocycles. The zero-order chi connectivity index (χ0) is 8.81. The van der Waals surface area contributed by atoms with Gasteiger partial charge in [0, 0.05) is 5.75 Å². The minimum Gasteiger partial charge on any atom is -0.336 e. The van der Waals surface area contributed by atoms with Gasteiger partial charge in [-0.25, -0.2) is 4.68 Å². The van der Waals surface area contributed by atoms with Gasteiger partial charge in [-0.15, -0.1) is 10.2 Å². The van der Waals surface area contributed by atoms with Crippen LogP contribution in [0.1, 0.15) is 6.42 Å². The highest BCUT2D eigenvalue weighted by molar-refractivity contribution is 7.99. The van der Waals surface area contributed by atoms with Gasteiger partial charge in [-0.2, -0.15) is 0 Å². The Morgan fingerprint density at radius 1 is 1.75 bits per heavy atom. The Morgan fingerprint density at radius 3 is 3.17 bits per heavy atom. The van der Waals surface area contributed by atoms with Crippen LogP contribution in [0.5, 0.6) is 0 Å². The van der Waals surface area contributed by atoms with Crippen LogP contribution in [0.3, 0.4) is 0 Å². The number of nitrogens with zero attached hydrogens (tertiary/aromatic N) is 3. The van der Waals surface area contributed by atoms with Crippen molar-refractivity contribution in [2.45, 2.75) is 11.6 Å². The third kappa shape index (κ3) is 2.71. The maximum atomic E-state index is 5.51. The summed E-state index contributed by atoms with van der Waals surface area (Å²) in [6.45, 7) is 1.02. The third-order valence-corrected chi connectivity index (χ3v) is 2.39. The summed E-state index contributed by atoms with van der Waals surface area (Å²) in [5.41, 5.74) is 0. The predicted molar refractivity (Wildman–Crippen MR) is 49.4 cm³/mol. The Kier molecular flexibility index (Phi) is 3.89. The number of thioether (sulfide) groups is 1. The average molecular weight is 187 g/mol. The first kappa shape index (κ1) is 9.34. The Hall–Kier alpha value is -0.750. The van der Waals surface area contributed by atoms with Crippen LogP contribution < -0.4 is 11.2 Å². The van der Waals surface area contributed by atoms with Crippen LogP contribution in [-0.2, 0) is 0 Å². The molecule has 0 spiro atoms. The van der Waals surface area contributed by atoms with Crippen molar-refractivity contribution in [1.82, 2.24) is 20.2 Å². The van der Waals surface area contributed by atoms with Crippen LogP contribution in [0.15, 0.2) is 11.5 Å². The van der Waals surface area contributed by atoms with E-state index in [0.29, 0.717) is 0 Å². The zero-order valence-corrected chi connectivity index (χ0v) is 7.84. The number of hydrogen-bond donors (Lipinski definition) is 2. The molecule has 0 aliphatic carbocycles. The molecule has 0 aliphatic heterocycles. The van der Waals surface area contributed by atoms with E-state index in [1.54, 1.807) is 11.8 Å². The second-order valence-corrected chi connectivity index (χ2v) is 3.39. The minimum atomic E-state index is 0.770. The lowest BCUT2D eigenvalue weighted by Gasteiger charge is -1.99. The van der Waals surface area contributed by atoms with Gasteiger partial charge >= 0.3 is 0 Å². The zero-order valence-electron chi connectivity index (χ0n) is 7.03. The van der Waals surface area contributed by atoms with E-state index in [0.717, 1.165) is 23.9 Å². The van der Waals surface area contributed by atoms with E-state index in [1.807, 2.05) is 7.05 Å². The Morgan fingerprint density at radius 2 is 2.58 bits per heavy atom. The number of nitrogen functional groups attached to an aromatic ring is 1. The highest BCUT2D eigenvalue weighted by atomic mass is 32.2. The summed E-state index contributed by atoms with van der Waals surface area (Å²) in [6.07, 6.45) is 2.61. The second-order valence-electron chi connectivity index (χ2n) is 2.33. The Balaban J connectivity index is 2.20. The van der Waals surface area contributed by atoms with Crippen molar-refractivity contribution in [3.8, 4) is 0 Å². The molecule has 1 heterocycles. The van der Waals surface area contributed by atoms with Crippen molar-refractivity contribution in [1.29, 1.82) is 0 Å². The van der Waals surface area contributed by atoms with Gasteiger partial charge in [0.25, 0.3) is 0 Å². The number of aromatic nitrogens is 3. The van der Waals surface area contributed by atoms with Crippen molar-refractivity contribution in [2.75, 3.05) is 25.2 Å². The standard InChI is InChI=1S/C6H13N5S/c1-8-3-2-4-12-6-10-9-5-11(6)7/h5,8H,2-4,7H2,1H3. The molecule has 68 valence electrons. The van der Waals surface area contributed by atoms with Crippen molar-refractivity contribution >= 4 is 11.8 Å². The smallest absolute Gasteiger partial charge is 0.209 e. The maximum Gasteiger partial charge on any atom is 0.209 e. The van der Waals surface area contributed by atoms with E-state index < -0.39 is 0 Å². The van der Waals surface area contributed by atoms with Crippen molar-refractivity contribution in [2.24, 2.45) is 0 Å². The molecular formula is C6H13N5S. The number of nitrogens with one attached hydrogen (secondary N) is 1. The lowest BCUT2D eigenvalue weighted by molar-refractivity contribution is 0.774. The van der Waals surface area contributed by atoms with Gasteiger partial charge in [-0.1, -0.05) is 11.8 Å². The molecule has 0 radical (unpaired) electrons. The van der Waals surface area contributed by atoms with Gasteiger partial charge in [0.2, 0.25) is 5.16 Å². The molecular weight excluding hydrogens is 174 g/mol. The number of rotatable bonds is 5. The van der Waals surface area contributed by atoms with Crippen molar-refractivity contribution in [3.05, 3.63) is 6.33 Å². The van der Waals surface area contributed by atoms with Crippen molar-refractivity contribution in [3.63, 3.8) is 0 Å². The molecule has 12 heavy (non-hydrogen) atoms. The molecule has 1 aromatic rings. The topological polar surface area (TPSA) is 68.8 Å². The molecule has 1 aromatic heterocycles. The largest absolute Gasteiger partial charge is 0.336 e. The van der Waals surface area contributed by atoms with E-state index in [2.05, 4.69) is 15.5 Å². The highest BCUT2D eigenvalue weighted by Crippen LogP contribution is 2.12. The summed E-state index contributed by atoms with van der Waals surface area (Å²) < 4.78 is 1.43. The molecule has 5 nitrogen and oxygen atoms in total. The first-order valence-electron chi connectivity index (χ1n) is 3.77. The molecule has 0 fully saturated rings. The van der Waals surface area contributed by atoms with E-state index in [-0.39, 0.29) is 0 Å². The third-order valence-electron chi connectivity index (χ3n) is 1.34. The molecule has 0 amide bonds. The maximum absolute atomic E-state index is 5.51. The first-order valence-corrected chi connectivity index (χ1v) is 4.75. The molecule has 0 saturated heterocycles. The molecule has 0 atom stereocenters. The fraction of sp³-hybridized carbons (Fsp3) is 0.667. The fourth-order valence-corrected chi connectivity index (χ4v) is 1.52. The normalized spacial score (nSPS) is 10.4. The van der Waals surface area contributed by atoms with Gasteiger partial charge in [0.05, 0.1) is 0 Å². The molecule has 0 unspecified atom stereocenters. The van der Waals surface area contributed by atoms with Crippen LogP contribution in [0.25, 0.3) is 0 Å². The van der Waals surface area contributed by atoms with Crippen molar-refractivity contribution < 1.29 is 0 Å². The number of hydrogen-bond acceptors (Lipinski definition) is 5. The molecule has 0 bridgehead atoms. The van der Waals surface area contributed by atoms with Crippen LogP contribution >= 0.6 is 11.8 Å². The van der Waals surface area contributed by atoms with E-state index in [4.69, 9.17) is 5.84 Å². The van der Waals surface area contributed by atoms with Gasteiger partial charge in [0.1, 0.15) is 6.33 Å². The molecule has 3 N–H and O–H groups in total. The minimum absolute atomic E-state index is 0.770. The molecule has 0 aliphatic rings. The summed E-state index contributed by atoms with van der Waals surface area (Å²) in [5, 5.41) is 11.4. The van der Waals surface area contributed by atoms with Gasteiger partial charge in [0.15, 0.2) is 0 Å². The van der Waals surface area contributed by atoms with E-state index in [1.165, 1.54) is 11.0 Å². The summed E-state index contributed by atoms with van der Waals surface area (Å²) in [4.78, 5) is 0. The number of nitrogens with two attached hydrogens (primary N) is 1. The summed E-state index contributed by atoms with van der Waals surface area (Å²) >= 11 is 1.62. The second kappa shape index (κ2) is 5.00. The fourth-order valence-electron chi connectivity index (χ4n) is 0.748. The Labute approximate surface area is 75.7 Å². The lowest BCUT2D eigenvalue weighted by Crippen LogP contribution is -2.10. The van der Waals surface area contributed by atoms with E-state index >= 15 is 0 Å². The SMILES string of the molecule is CNCCCSc1nncn1N. The highest BCUT2D eigenvalue weighted by Gasteiger charge is 1.99.